The summed E-state index contributed by atoms with van der Waals surface area (Å²) in [5.74, 6) is -0.198. The Kier molecular flexibility index (Phi) is 4.18. The van der Waals surface area contributed by atoms with Gasteiger partial charge in [0.05, 0.1) is 5.69 Å². The third-order valence-electron chi connectivity index (χ3n) is 5.16. The van der Waals surface area contributed by atoms with Gasteiger partial charge in [-0.15, -0.1) is 0 Å². The number of nitrogens with zero attached hydrogens (tertiary/aromatic N) is 2. The predicted octanol–water partition coefficient (Wildman–Crippen LogP) is 4.97. The molecule has 0 unspecified atom stereocenters. The van der Waals surface area contributed by atoms with Gasteiger partial charge in [0.2, 0.25) is 0 Å². The monoisotopic (exact) mass is 367 g/mol. The molecule has 28 heavy (non-hydrogen) atoms. The molecule has 3 aromatic carbocycles. The van der Waals surface area contributed by atoms with E-state index in [4.69, 9.17) is 0 Å². The highest BCUT2D eigenvalue weighted by Crippen LogP contribution is 2.33. The second kappa shape index (κ2) is 6.98. The Balaban J connectivity index is 1.65. The Morgan fingerprint density at radius 1 is 0.857 bits per heavy atom. The highest BCUT2D eigenvalue weighted by atomic mass is 19.1. The van der Waals surface area contributed by atoms with Gasteiger partial charge >= 0.3 is 0 Å². The molecule has 0 fully saturated rings. The number of aromatic nitrogens is 2. The normalized spacial score (nSPS) is 13.7. The van der Waals surface area contributed by atoms with Crippen molar-refractivity contribution in [3.8, 4) is 11.3 Å². The minimum absolute atomic E-state index is 0.198. The van der Waals surface area contributed by atoms with Gasteiger partial charge in [0.1, 0.15) is 5.82 Å². The van der Waals surface area contributed by atoms with E-state index < -0.39 is 0 Å². The Labute approximate surface area is 162 Å². The van der Waals surface area contributed by atoms with Gasteiger partial charge in [-0.1, -0.05) is 42.5 Å². The van der Waals surface area contributed by atoms with Crippen molar-refractivity contribution >= 4 is 16.3 Å². The van der Waals surface area contributed by atoms with Gasteiger partial charge in [-0.3, -0.25) is 0 Å². The van der Waals surface area contributed by atoms with Crippen LogP contribution < -0.4 is 5.32 Å². The summed E-state index contributed by atoms with van der Waals surface area (Å²) in [5, 5.41) is 13.5. The fourth-order valence-corrected chi connectivity index (χ4v) is 3.78. The maximum Gasteiger partial charge on any atom is 0.131 e. The van der Waals surface area contributed by atoms with E-state index in [1.54, 1.807) is 12.3 Å². The van der Waals surface area contributed by atoms with E-state index in [9.17, 15) is 4.39 Å². The van der Waals surface area contributed by atoms with Crippen molar-refractivity contribution in [3.63, 3.8) is 0 Å². The van der Waals surface area contributed by atoms with Crippen LogP contribution in [0.2, 0.25) is 0 Å². The van der Waals surface area contributed by atoms with Crippen molar-refractivity contribution in [1.29, 1.82) is 0 Å². The summed E-state index contributed by atoms with van der Waals surface area (Å²) in [6, 6.07) is 21.5. The third-order valence-corrected chi connectivity index (χ3v) is 5.16. The van der Waals surface area contributed by atoms with Gasteiger partial charge in [-0.2, -0.15) is 10.2 Å². The molecule has 3 nitrogen and oxygen atoms in total. The van der Waals surface area contributed by atoms with E-state index in [0.29, 0.717) is 12.1 Å². The molecule has 0 saturated carbocycles. The van der Waals surface area contributed by atoms with Gasteiger partial charge in [0, 0.05) is 30.4 Å². The van der Waals surface area contributed by atoms with Gasteiger partial charge < -0.3 is 5.32 Å². The highest BCUT2D eigenvalue weighted by molar-refractivity contribution is 5.91. The van der Waals surface area contributed by atoms with Gasteiger partial charge in [0.15, 0.2) is 0 Å². The van der Waals surface area contributed by atoms with Crippen LogP contribution >= 0.6 is 0 Å². The minimum Gasteiger partial charge on any atom is -0.309 e. The summed E-state index contributed by atoms with van der Waals surface area (Å²) in [5.41, 5.74) is 5.57. The van der Waals surface area contributed by atoms with Crippen molar-refractivity contribution in [3.05, 3.63) is 102 Å². The minimum atomic E-state index is -0.198. The fraction of sp³-hybridized carbons (Fsp3) is 0.0833. The molecule has 2 heterocycles. The standard InChI is InChI=1S/C24H18FN3/c25-23-14-17-5-2-1-4-16(17)13-22(23)21-9-11-26-15-19-12-18(7-8-20(19)21)24-6-3-10-27-28-24/h1-10,12-14,26H,11,15H2. The lowest BCUT2D eigenvalue weighted by molar-refractivity contribution is 0.626. The second-order valence-electron chi connectivity index (χ2n) is 6.91. The summed E-state index contributed by atoms with van der Waals surface area (Å²) < 4.78 is 15.0. The van der Waals surface area contributed by atoms with Gasteiger partial charge in [-0.25, -0.2) is 4.39 Å². The summed E-state index contributed by atoms with van der Waals surface area (Å²) >= 11 is 0. The van der Waals surface area contributed by atoms with Gasteiger partial charge in [0.25, 0.3) is 0 Å². The number of hydrogen-bond acceptors (Lipinski definition) is 3. The molecule has 1 aliphatic heterocycles. The maximum absolute atomic E-state index is 15.0. The fourth-order valence-electron chi connectivity index (χ4n) is 3.78. The Bertz CT molecular complexity index is 1200. The van der Waals surface area contributed by atoms with Crippen molar-refractivity contribution in [1.82, 2.24) is 15.5 Å². The predicted molar refractivity (Wildman–Crippen MR) is 110 cm³/mol. The molecular weight excluding hydrogens is 349 g/mol. The molecule has 0 aliphatic carbocycles. The summed E-state index contributed by atoms with van der Waals surface area (Å²) in [4.78, 5) is 0. The lowest BCUT2D eigenvalue weighted by Crippen LogP contribution is -2.11. The molecule has 0 spiro atoms. The summed E-state index contributed by atoms with van der Waals surface area (Å²) in [6.45, 7) is 1.41. The van der Waals surface area contributed by atoms with Crippen LogP contribution in [-0.2, 0) is 6.54 Å². The van der Waals surface area contributed by atoms with Crippen LogP contribution in [0.3, 0.4) is 0 Å². The van der Waals surface area contributed by atoms with Crippen LogP contribution in [0.15, 0.2) is 79.0 Å². The number of halogens is 1. The molecule has 4 heteroatoms. The summed E-state index contributed by atoms with van der Waals surface area (Å²) in [6.07, 6.45) is 3.73. The average Bonchev–Trinajstić information content (AvgIpc) is 2.96. The zero-order valence-corrected chi connectivity index (χ0v) is 15.2. The topological polar surface area (TPSA) is 37.8 Å². The van der Waals surface area contributed by atoms with Gasteiger partial charge in [-0.05, 0) is 57.8 Å². The van der Waals surface area contributed by atoms with Crippen molar-refractivity contribution < 1.29 is 4.39 Å². The van der Waals surface area contributed by atoms with E-state index in [0.717, 1.165) is 45.3 Å². The molecule has 1 aliphatic rings. The number of rotatable bonds is 2. The van der Waals surface area contributed by atoms with E-state index in [-0.39, 0.29) is 5.82 Å². The first-order valence-corrected chi connectivity index (χ1v) is 9.30. The third kappa shape index (κ3) is 2.98. The van der Waals surface area contributed by atoms with E-state index >= 15 is 0 Å². The van der Waals surface area contributed by atoms with Crippen LogP contribution in [0.1, 0.15) is 16.7 Å². The molecule has 136 valence electrons. The first-order valence-electron chi connectivity index (χ1n) is 9.30. The van der Waals surface area contributed by atoms with Crippen molar-refractivity contribution in [2.75, 3.05) is 6.54 Å². The molecule has 0 bridgehead atoms. The number of fused-ring (bicyclic) bond motifs is 2. The smallest absolute Gasteiger partial charge is 0.131 e. The molecular formula is C24H18FN3. The first kappa shape index (κ1) is 16.8. The van der Waals surface area contributed by atoms with Crippen molar-refractivity contribution in [2.45, 2.75) is 6.54 Å². The SMILES string of the molecule is Fc1cc2ccccc2cc1C1=CCNCc2cc(-c3cccnn3)ccc21. The molecule has 0 radical (unpaired) electrons. The zero-order valence-electron chi connectivity index (χ0n) is 15.2. The quantitative estimate of drug-likeness (QED) is 0.543. The molecule has 0 saturated heterocycles. The molecule has 1 aromatic heterocycles. The van der Waals surface area contributed by atoms with E-state index in [2.05, 4.69) is 33.7 Å². The zero-order chi connectivity index (χ0) is 18.9. The van der Waals surface area contributed by atoms with E-state index in [1.165, 1.54) is 0 Å². The van der Waals surface area contributed by atoms with Crippen molar-refractivity contribution in [2.24, 2.45) is 0 Å². The lowest BCUT2D eigenvalue weighted by atomic mass is 9.91. The molecule has 4 aromatic rings. The largest absolute Gasteiger partial charge is 0.309 e. The average molecular weight is 367 g/mol. The Hall–Kier alpha value is -3.37. The van der Waals surface area contributed by atoms with E-state index in [1.807, 2.05) is 48.5 Å². The van der Waals surface area contributed by atoms with Crippen LogP contribution in [0.4, 0.5) is 4.39 Å². The number of benzene rings is 3. The Morgan fingerprint density at radius 2 is 1.71 bits per heavy atom. The van der Waals surface area contributed by atoms with Crippen LogP contribution in [-0.4, -0.2) is 16.7 Å². The van der Waals surface area contributed by atoms with Crippen LogP contribution in [0, 0.1) is 5.82 Å². The Morgan fingerprint density at radius 3 is 2.54 bits per heavy atom. The molecule has 5 rings (SSSR count). The molecule has 0 amide bonds. The first-order chi connectivity index (χ1) is 13.8. The summed E-state index contributed by atoms with van der Waals surface area (Å²) in [7, 11) is 0. The second-order valence-corrected chi connectivity index (χ2v) is 6.91. The number of nitrogens with one attached hydrogen (secondary N) is 1. The van der Waals surface area contributed by atoms with Crippen LogP contribution in [0.25, 0.3) is 27.6 Å². The maximum atomic E-state index is 15.0. The lowest BCUT2D eigenvalue weighted by Gasteiger charge is -2.14. The van der Waals surface area contributed by atoms with Crippen LogP contribution in [0.5, 0.6) is 0 Å². The number of hydrogen-bond donors (Lipinski definition) is 1. The molecule has 1 N–H and O–H groups in total. The highest BCUT2D eigenvalue weighted by Gasteiger charge is 2.17. The molecule has 0 atom stereocenters.